The van der Waals surface area contributed by atoms with Gasteiger partial charge in [-0.1, -0.05) is 30.3 Å². The third kappa shape index (κ3) is 2.95. The van der Waals surface area contributed by atoms with Crippen molar-refractivity contribution in [3.05, 3.63) is 35.9 Å². The number of nitrogens with zero attached hydrogens (tertiary/aromatic N) is 1. The van der Waals surface area contributed by atoms with E-state index in [9.17, 15) is 10.0 Å². The third-order valence-electron chi connectivity index (χ3n) is 2.98. The second-order valence-electron chi connectivity index (χ2n) is 4.22. The normalized spacial score (nSPS) is 23.6. The lowest BCUT2D eigenvalue weighted by Gasteiger charge is -2.16. The predicted octanol–water partition coefficient (Wildman–Crippen LogP) is 1.33. The molecule has 2 atom stereocenters. The van der Waals surface area contributed by atoms with Crippen molar-refractivity contribution < 1.29 is 14.7 Å². The number of ether oxygens (including phenoxy) is 1. The van der Waals surface area contributed by atoms with E-state index < -0.39 is 6.03 Å². The fourth-order valence-electron chi connectivity index (χ4n) is 2.07. The molecule has 0 spiro atoms. The Labute approximate surface area is 99.7 Å². The third-order valence-corrected chi connectivity index (χ3v) is 2.98. The van der Waals surface area contributed by atoms with E-state index in [1.54, 1.807) is 0 Å². The number of rotatable bonds is 3. The Balaban J connectivity index is 1.90. The number of nitrogens with two attached hydrogens (primary N) is 1. The van der Waals surface area contributed by atoms with Crippen molar-refractivity contribution in [1.29, 1.82) is 0 Å². The highest BCUT2D eigenvalue weighted by molar-refractivity contribution is 5.70. The molecule has 0 radical (unpaired) electrons. The number of carbonyl (C=O) groups excluding carboxylic acids is 1. The summed E-state index contributed by atoms with van der Waals surface area (Å²) in [5.74, 6) is 0.322. The number of hydroxylamine groups is 2. The van der Waals surface area contributed by atoms with Crippen LogP contribution < -0.4 is 5.73 Å². The number of hydrogen-bond donors (Lipinski definition) is 2. The lowest BCUT2D eigenvalue weighted by Crippen LogP contribution is -2.38. The van der Waals surface area contributed by atoms with Gasteiger partial charge in [-0.25, -0.2) is 9.86 Å². The van der Waals surface area contributed by atoms with Gasteiger partial charge in [0.25, 0.3) is 0 Å². The number of hydrogen-bond acceptors (Lipinski definition) is 3. The Bertz CT molecular complexity index is 383. The minimum absolute atomic E-state index is 0.124. The first kappa shape index (κ1) is 11.9. The first-order valence-corrected chi connectivity index (χ1v) is 5.59. The molecule has 1 heterocycles. The molecular formula is C12H16N2O3. The fraction of sp³-hybridized carbons (Fsp3) is 0.417. The van der Waals surface area contributed by atoms with Crippen LogP contribution in [-0.2, 0) is 4.74 Å². The standard InChI is InChI=1S/C12H16N2O3/c13-12(15)14(16)7-11-6-10(8-17-11)9-4-2-1-3-5-9/h1-5,10-11,16H,6-8H2,(H2,13,15). The highest BCUT2D eigenvalue weighted by Crippen LogP contribution is 2.29. The highest BCUT2D eigenvalue weighted by atomic mass is 16.5. The van der Waals surface area contributed by atoms with Crippen LogP contribution in [0, 0.1) is 0 Å². The number of carbonyl (C=O) groups is 1. The maximum atomic E-state index is 10.7. The fourth-order valence-corrected chi connectivity index (χ4v) is 2.07. The van der Waals surface area contributed by atoms with E-state index in [0.717, 1.165) is 6.42 Å². The monoisotopic (exact) mass is 236 g/mol. The van der Waals surface area contributed by atoms with E-state index in [1.165, 1.54) is 5.56 Å². The van der Waals surface area contributed by atoms with Crippen LogP contribution in [0.4, 0.5) is 4.79 Å². The van der Waals surface area contributed by atoms with Crippen molar-refractivity contribution in [2.24, 2.45) is 5.73 Å². The molecule has 1 fully saturated rings. The van der Waals surface area contributed by atoms with Crippen LogP contribution in [0.25, 0.3) is 0 Å². The smallest absolute Gasteiger partial charge is 0.338 e. The van der Waals surface area contributed by atoms with Gasteiger partial charge in [-0.2, -0.15) is 0 Å². The van der Waals surface area contributed by atoms with E-state index >= 15 is 0 Å². The van der Waals surface area contributed by atoms with Gasteiger partial charge < -0.3 is 10.5 Å². The van der Waals surface area contributed by atoms with Gasteiger partial charge in [0, 0.05) is 5.92 Å². The Kier molecular flexibility index (Phi) is 3.61. The minimum atomic E-state index is -0.850. The van der Waals surface area contributed by atoms with Crippen molar-refractivity contribution in [2.45, 2.75) is 18.4 Å². The van der Waals surface area contributed by atoms with Gasteiger partial charge in [0.05, 0.1) is 19.3 Å². The molecule has 1 aromatic carbocycles. The second-order valence-corrected chi connectivity index (χ2v) is 4.22. The molecule has 0 aliphatic carbocycles. The van der Waals surface area contributed by atoms with Gasteiger partial charge in [0.2, 0.25) is 0 Å². The Morgan fingerprint density at radius 2 is 2.18 bits per heavy atom. The molecule has 1 saturated heterocycles. The number of urea groups is 1. The summed E-state index contributed by atoms with van der Waals surface area (Å²) in [5, 5.41) is 9.72. The Hall–Kier alpha value is -1.59. The number of primary amides is 1. The van der Waals surface area contributed by atoms with Gasteiger partial charge >= 0.3 is 6.03 Å². The molecule has 92 valence electrons. The first-order chi connectivity index (χ1) is 8.16. The van der Waals surface area contributed by atoms with Crippen LogP contribution in [0.2, 0.25) is 0 Å². The van der Waals surface area contributed by atoms with Crippen molar-refractivity contribution in [3.8, 4) is 0 Å². The topological polar surface area (TPSA) is 75.8 Å². The van der Waals surface area contributed by atoms with Gasteiger partial charge in [-0.05, 0) is 12.0 Å². The summed E-state index contributed by atoms with van der Waals surface area (Å²) in [5.41, 5.74) is 6.16. The Morgan fingerprint density at radius 1 is 1.47 bits per heavy atom. The second kappa shape index (κ2) is 5.16. The van der Waals surface area contributed by atoms with Gasteiger partial charge in [0.15, 0.2) is 0 Å². The summed E-state index contributed by atoms with van der Waals surface area (Å²) >= 11 is 0. The largest absolute Gasteiger partial charge is 0.376 e. The van der Waals surface area contributed by atoms with Gasteiger partial charge in [-0.15, -0.1) is 0 Å². The van der Waals surface area contributed by atoms with Gasteiger partial charge in [0.1, 0.15) is 0 Å². The number of amides is 2. The van der Waals surface area contributed by atoms with E-state index in [4.69, 9.17) is 10.5 Å². The van der Waals surface area contributed by atoms with Crippen LogP contribution in [0.3, 0.4) is 0 Å². The highest BCUT2D eigenvalue weighted by Gasteiger charge is 2.28. The van der Waals surface area contributed by atoms with E-state index in [-0.39, 0.29) is 12.6 Å². The molecule has 5 nitrogen and oxygen atoms in total. The summed E-state index contributed by atoms with van der Waals surface area (Å²) in [6, 6.07) is 9.22. The molecular weight excluding hydrogens is 220 g/mol. The summed E-state index contributed by atoms with van der Waals surface area (Å²) in [4.78, 5) is 10.7. The zero-order chi connectivity index (χ0) is 12.3. The predicted molar refractivity (Wildman–Crippen MR) is 61.6 cm³/mol. The quantitative estimate of drug-likeness (QED) is 0.614. The lowest BCUT2D eigenvalue weighted by atomic mass is 9.96. The molecule has 0 saturated carbocycles. The Morgan fingerprint density at radius 3 is 2.82 bits per heavy atom. The van der Waals surface area contributed by atoms with Crippen LogP contribution in [0.15, 0.2) is 30.3 Å². The van der Waals surface area contributed by atoms with E-state index in [0.29, 0.717) is 17.6 Å². The molecule has 2 unspecified atom stereocenters. The summed E-state index contributed by atoms with van der Waals surface area (Å²) in [6.07, 6.45) is 0.631. The maximum absolute atomic E-state index is 10.7. The molecule has 17 heavy (non-hydrogen) atoms. The van der Waals surface area contributed by atoms with Crippen molar-refractivity contribution in [2.75, 3.05) is 13.2 Å². The van der Waals surface area contributed by atoms with Crippen LogP contribution in [0.1, 0.15) is 17.9 Å². The van der Waals surface area contributed by atoms with Crippen LogP contribution in [0.5, 0.6) is 0 Å². The van der Waals surface area contributed by atoms with Crippen LogP contribution >= 0.6 is 0 Å². The first-order valence-electron chi connectivity index (χ1n) is 5.59. The average Bonchev–Trinajstić information content (AvgIpc) is 2.78. The van der Waals surface area contributed by atoms with Gasteiger partial charge in [-0.3, -0.25) is 5.21 Å². The molecule has 3 N–H and O–H groups in total. The zero-order valence-electron chi connectivity index (χ0n) is 9.45. The average molecular weight is 236 g/mol. The lowest BCUT2D eigenvalue weighted by molar-refractivity contribution is -0.0695. The molecule has 2 amide bonds. The molecule has 5 heteroatoms. The SMILES string of the molecule is NC(=O)N(O)CC1CC(c2ccccc2)CO1. The van der Waals surface area contributed by atoms with Crippen molar-refractivity contribution >= 4 is 6.03 Å². The molecule has 1 aromatic rings. The summed E-state index contributed by atoms with van der Waals surface area (Å²) < 4.78 is 5.53. The van der Waals surface area contributed by atoms with Crippen LogP contribution in [-0.4, -0.2) is 35.6 Å². The molecule has 0 aromatic heterocycles. The molecule has 2 rings (SSSR count). The maximum Gasteiger partial charge on any atom is 0.338 e. The number of benzene rings is 1. The molecule has 1 aliphatic heterocycles. The summed E-state index contributed by atoms with van der Waals surface area (Å²) in [6.45, 7) is 0.736. The zero-order valence-corrected chi connectivity index (χ0v) is 9.45. The van der Waals surface area contributed by atoms with Crippen molar-refractivity contribution in [1.82, 2.24) is 5.06 Å². The van der Waals surface area contributed by atoms with E-state index in [2.05, 4.69) is 12.1 Å². The summed E-state index contributed by atoms with van der Waals surface area (Å²) in [7, 11) is 0. The molecule has 0 bridgehead atoms. The minimum Gasteiger partial charge on any atom is -0.376 e. The molecule has 1 aliphatic rings. The van der Waals surface area contributed by atoms with Crippen molar-refractivity contribution in [3.63, 3.8) is 0 Å². The van der Waals surface area contributed by atoms with E-state index in [1.807, 2.05) is 18.2 Å².